The molecule has 3 N–H and O–H groups in total. The van der Waals surface area contributed by atoms with Gasteiger partial charge in [-0.1, -0.05) is 43.7 Å². The Morgan fingerprint density at radius 1 is 0.972 bits per heavy atom. The van der Waals surface area contributed by atoms with Gasteiger partial charge in [-0.15, -0.1) is 12.4 Å². The van der Waals surface area contributed by atoms with Crippen molar-refractivity contribution in [3.8, 4) is 11.1 Å². The van der Waals surface area contributed by atoms with Gasteiger partial charge in [-0.3, -0.25) is 4.98 Å². The zero-order valence-corrected chi connectivity index (χ0v) is 23.3. The minimum absolute atomic E-state index is 0. The van der Waals surface area contributed by atoms with Crippen molar-refractivity contribution in [3.05, 3.63) is 81.2 Å². The Balaban J connectivity index is 0.00000456. The predicted molar refractivity (Wildman–Crippen MR) is 147 cm³/mol. The average Bonchev–Trinajstić information content (AvgIpc) is 2.77. The van der Waals surface area contributed by atoms with Crippen LogP contribution < -0.4 is 5.73 Å². The van der Waals surface area contributed by atoms with Crippen LogP contribution in [-0.4, -0.2) is 24.5 Å². The van der Waals surface area contributed by atoms with Gasteiger partial charge in [-0.25, -0.2) is 13.2 Å². The minimum atomic E-state index is -3.80. The highest BCUT2D eigenvalue weighted by molar-refractivity contribution is 7.90. The number of hydrogen-bond donors (Lipinski definition) is 2. The predicted octanol–water partition coefficient (Wildman–Crippen LogP) is 5.73. The molecule has 194 valence electrons. The number of nitrogens with zero attached hydrogens (tertiary/aromatic N) is 1. The summed E-state index contributed by atoms with van der Waals surface area (Å²) >= 11 is 0. The second-order valence-electron chi connectivity index (χ2n) is 9.57. The molecule has 0 atom stereocenters. The lowest BCUT2D eigenvalue weighted by atomic mass is 9.90. The maximum absolute atomic E-state index is 13.7. The molecule has 0 bridgehead atoms. The van der Waals surface area contributed by atoms with Crippen molar-refractivity contribution in [2.45, 2.75) is 65.2 Å². The van der Waals surface area contributed by atoms with Crippen LogP contribution >= 0.6 is 12.4 Å². The van der Waals surface area contributed by atoms with Crippen molar-refractivity contribution in [2.75, 3.05) is 0 Å². The molecule has 0 saturated heterocycles. The summed E-state index contributed by atoms with van der Waals surface area (Å²) in [5.74, 6) is -0.966. The number of sulfone groups is 1. The van der Waals surface area contributed by atoms with E-state index in [0.29, 0.717) is 28.3 Å². The van der Waals surface area contributed by atoms with Crippen LogP contribution in [0.1, 0.15) is 63.4 Å². The van der Waals surface area contributed by atoms with Gasteiger partial charge in [0.05, 0.1) is 16.2 Å². The smallest absolute Gasteiger partial charge is 0.335 e. The Morgan fingerprint density at radius 2 is 1.58 bits per heavy atom. The highest BCUT2D eigenvalue weighted by atomic mass is 35.5. The van der Waals surface area contributed by atoms with Crippen molar-refractivity contribution in [3.63, 3.8) is 0 Å². The fraction of sp³-hybridized carbons (Fsp3) is 0.357. The molecule has 1 aromatic heterocycles. The minimum Gasteiger partial charge on any atom is -0.478 e. The molecule has 0 unspecified atom stereocenters. The number of hydrogen-bond acceptors (Lipinski definition) is 5. The topological polar surface area (TPSA) is 110 Å². The lowest BCUT2D eigenvalue weighted by Gasteiger charge is -2.22. The normalized spacial score (nSPS) is 11.4. The molecule has 8 heteroatoms. The third kappa shape index (κ3) is 5.97. The van der Waals surface area contributed by atoms with Crippen LogP contribution in [0.5, 0.6) is 0 Å². The van der Waals surface area contributed by atoms with E-state index in [1.54, 1.807) is 13.8 Å². The van der Waals surface area contributed by atoms with E-state index < -0.39 is 15.8 Å². The van der Waals surface area contributed by atoms with E-state index in [-0.39, 0.29) is 35.2 Å². The molecule has 0 fully saturated rings. The fourth-order valence-electron chi connectivity index (χ4n) is 4.50. The van der Waals surface area contributed by atoms with E-state index >= 15 is 0 Å². The van der Waals surface area contributed by atoms with Crippen molar-refractivity contribution in [1.82, 2.24) is 4.98 Å². The van der Waals surface area contributed by atoms with Crippen LogP contribution in [0.15, 0.2) is 41.3 Å². The van der Waals surface area contributed by atoms with Gasteiger partial charge >= 0.3 is 5.97 Å². The Morgan fingerprint density at radius 3 is 2.11 bits per heavy atom. The lowest BCUT2D eigenvalue weighted by Crippen LogP contribution is -2.16. The van der Waals surface area contributed by atoms with Gasteiger partial charge in [0.2, 0.25) is 0 Å². The molecule has 0 saturated carbocycles. The molecule has 0 spiro atoms. The molecule has 6 nitrogen and oxygen atoms in total. The van der Waals surface area contributed by atoms with E-state index in [4.69, 9.17) is 10.7 Å². The average molecular weight is 531 g/mol. The van der Waals surface area contributed by atoms with E-state index in [0.717, 1.165) is 34.4 Å². The molecule has 0 aliphatic carbocycles. The third-order valence-corrected chi connectivity index (χ3v) is 8.26. The van der Waals surface area contributed by atoms with Gasteiger partial charge < -0.3 is 10.8 Å². The molecule has 1 heterocycles. The summed E-state index contributed by atoms with van der Waals surface area (Å²) < 4.78 is 27.4. The molecular formula is C28H35ClN2O4S. The lowest BCUT2D eigenvalue weighted by molar-refractivity contribution is 0.0696. The number of benzene rings is 2. The number of rotatable bonds is 8. The Bertz CT molecular complexity index is 1380. The highest BCUT2D eigenvalue weighted by Crippen LogP contribution is 2.35. The van der Waals surface area contributed by atoms with Gasteiger partial charge in [0.1, 0.15) is 0 Å². The first kappa shape index (κ1) is 29.5. The molecule has 3 aromatic rings. The summed E-state index contributed by atoms with van der Waals surface area (Å²) in [6.07, 6.45) is 0.744. The highest BCUT2D eigenvalue weighted by Gasteiger charge is 2.26. The maximum atomic E-state index is 13.7. The molecule has 0 amide bonds. The summed E-state index contributed by atoms with van der Waals surface area (Å²) in [4.78, 5) is 16.5. The summed E-state index contributed by atoms with van der Waals surface area (Å²) in [6, 6.07) is 10.8. The number of carbonyl (C=O) groups is 1. The second-order valence-corrected chi connectivity index (χ2v) is 11.5. The number of nitrogens with two attached hydrogens (primary N) is 1. The molecular weight excluding hydrogens is 496 g/mol. The zero-order valence-electron chi connectivity index (χ0n) is 21.7. The quantitative estimate of drug-likeness (QED) is 0.384. The molecule has 0 radical (unpaired) electrons. The number of aryl methyl sites for hydroxylation is 2. The van der Waals surface area contributed by atoms with Gasteiger partial charge in [0, 0.05) is 17.9 Å². The third-order valence-electron chi connectivity index (χ3n) is 6.47. The Labute approximate surface area is 220 Å². The Kier molecular flexibility index (Phi) is 9.46. The molecule has 2 aromatic carbocycles. The van der Waals surface area contributed by atoms with E-state index in [1.165, 1.54) is 12.1 Å². The summed E-state index contributed by atoms with van der Waals surface area (Å²) in [5, 5.41) is 9.41. The van der Waals surface area contributed by atoms with Crippen molar-refractivity contribution < 1.29 is 18.3 Å². The number of carboxylic acids is 1. The molecule has 3 rings (SSSR count). The Hall–Kier alpha value is -2.74. The standard InChI is InChI=1S/C28H34N2O4S.ClH/c1-16(2)13-25-23(14-29)27(21-9-7-17(3)8-10-21)24(20(6)30-25)15-35(33,34)26-12-11-22(28(31)32)18(4)19(26)5;/h7-12,16H,13-15,29H2,1-6H3,(H,31,32);1H. The van der Waals surface area contributed by atoms with Crippen LogP contribution in [-0.2, 0) is 28.6 Å². The van der Waals surface area contributed by atoms with E-state index in [2.05, 4.69) is 13.8 Å². The summed E-state index contributed by atoms with van der Waals surface area (Å²) in [7, 11) is -3.80. The maximum Gasteiger partial charge on any atom is 0.335 e. The first-order valence-electron chi connectivity index (χ1n) is 11.7. The van der Waals surface area contributed by atoms with Gasteiger partial charge in [-0.2, -0.15) is 0 Å². The van der Waals surface area contributed by atoms with E-state index in [9.17, 15) is 18.3 Å². The van der Waals surface area contributed by atoms with Crippen molar-refractivity contribution in [2.24, 2.45) is 11.7 Å². The summed E-state index contributed by atoms with van der Waals surface area (Å²) in [5.41, 5.74) is 13.1. The number of aromatic carboxylic acids is 1. The van der Waals surface area contributed by atoms with Gasteiger partial charge in [-0.05, 0) is 85.5 Å². The number of carboxylic acid groups (broad SMARTS) is 1. The number of halogens is 1. The van der Waals surface area contributed by atoms with Crippen molar-refractivity contribution in [1.29, 1.82) is 0 Å². The van der Waals surface area contributed by atoms with Crippen LogP contribution in [0.25, 0.3) is 11.1 Å². The molecule has 36 heavy (non-hydrogen) atoms. The molecule has 0 aliphatic heterocycles. The van der Waals surface area contributed by atoms with Crippen LogP contribution in [0.3, 0.4) is 0 Å². The van der Waals surface area contributed by atoms with Crippen LogP contribution in [0, 0.1) is 33.6 Å². The van der Waals surface area contributed by atoms with Crippen molar-refractivity contribution >= 4 is 28.2 Å². The summed E-state index contributed by atoms with van der Waals surface area (Å²) in [6.45, 7) is 11.6. The molecule has 0 aliphatic rings. The zero-order chi connectivity index (χ0) is 26.1. The van der Waals surface area contributed by atoms with Gasteiger partial charge in [0.25, 0.3) is 0 Å². The van der Waals surface area contributed by atoms with E-state index in [1.807, 2.05) is 38.1 Å². The fourth-order valence-corrected chi connectivity index (χ4v) is 6.28. The first-order valence-corrected chi connectivity index (χ1v) is 13.4. The number of aromatic nitrogens is 1. The number of pyridine rings is 1. The first-order chi connectivity index (χ1) is 16.4. The monoisotopic (exact) mass is 530 g/mol. The second kappa shape index (κ2) is 11.5. The SMILES string of the molecule is Cc1ccc(-c2c(CS(=O)(=O)c3ccc(C(=O)O)c(C)c3C)c(C)nc(CC(C)C)c2CN)cc1.Cl. The van der Waals surface area contributed by atoms with Crippen LogP contribution in [0.4, 0.5) is 0 Å². The largest absolute Gasteiger partial charge is 0.478 e. The van der Waals surface area contributed by atoms with Crippen LogP contribution in [0.2, 0.25) is 0 Å². The van der Waals surface area contributed by atoms with Gasteiger partial charge in [0.15, 0.2) is 9.84 Å².